The summed E-state index contributed by atoms with van der Waals surface area (Å²) < 4.78 is 41.3. The summed E-state index contributed by atoms with van der Waals surface area (Å²) in [7, 11) is 0. The Kier molecular flexibility index (Phi) is 8.05. The van der Waals surface area contributed by atoms with Crippen molar-refractivity contribution in [1.29, 1.82) is 5.26 Å². The number of aromatic nitrogens is 4. The van der Waals surface area contributed by atoms with Gasteiger partial charge in [-0.15, -0.1) is 0 Å². The topological polar surface area (TPSA) is 43.5 Å². The molecule has 0 bridgehead atoms. The average molecular weight is 876 g/mol. The largest absolute Gasteiger partial charge is 0.309 e. The van der Waals surface area contributed by atoms with Gasteiger partial charge in [0.1, 0.15) is 11.6 Å². The van der Waals surface area contributed by atoms with Crippen LogP contribution in [0.15, 0.2) is 212 Å². The van der Waals surface area contributed by atoms with Gasteiger partial charge in [0, 0.05) is 60.0 Å². The molecule has 0 radical (unpaired) electrons. The van der Waals surface area contributed by atoms with E-state index >= 15 is 8.78 Å². The van der Waals surface area contributed by atoms with Gasteiger partial charge in [-0.05, 0) is 84.9 Å². The molecule has 0 N–H and O–H groups in total. The number of para-hydroxylation sites is 6. The van der Waals surface area contributed by atoms with Crippen molar-refractivity contribution >= 4 is 87.2 Å². The molecule has 7 heteroatoms. The van der Waals surface area contributed by atoms with Crippen LogP contribution in [-0.4, -0.2) is 18.3 Å². The number of nitriles is 1. The summed E-state index contributed by atoms with van der Waals surface area (Å²) in [6.07, 6.45) is 0. The Morgan fingerprint density at radius 2 is 0.632 bits per heavy atom. The van der Waals surface area contributed by atoms with Crippen LogP contribution in [0.2, 0.25) is 0 Å². The highest BCUT2D eigenvalue weighted by atomic mass is 19.1. The van der Waals surface area contributed by atoms with Crippen molar-refractivity contribution in [1.82, 2.24) is 18.3 Å². The maximum absolute atomic E-state index is 16.1. The third kappa shape index (κ3) is 5.28. The van der Waals surface area contributed by atoms with Crippen LogP contribution >= 0.6 is 0 Å². The number of benzene rings is 10. The summed E-state index contributed by atoms with van der Waals surface area (Å²) in [6, 6.07) is 73.4. The van der Waals surface area contributed by atoms with Crippen molar-refractivity contribution in [3.05, 3.63) is 230 Å². The summed E-state index contributed by atoms with van der Waals surface area (Å²) in [6.45, 7) is 0. The van der Waals surface area contributed by atoms with E-state index in [1.54, 1.807) is 0 Å². The van der Waals surface area contributed by atoms with Crippen LogP contribution in [0.5, 0.6) is 0 Å². The Hall–Kier alpha value is -9.25. The normalized spacial score (nSPS) is 12.0. The van der Waals surface area contributed by atoms with Crippen LogP contribution in [0.1, 0.15) is 5.56 Å². The minimum Gasteiger partial charge on any atom is -0.309 e. The fourth-order valence-electron chi connectivity index (χ4n) is 11.1. The molecule has 0 aliphatic carbocycles. The maximum atomic E-state index is 16.1. The summed E-state index contributed by atoms with van der Waals surface area (Å²) in [5.41, 5.74) is 11.3. The first-order valence-corrected chi connectivity index (χ1v) is 22.6. The SMILES string of the molecule is N#Cc1cc(-n2c3ccccc3c3ccc(-n4c5ccccc5c5ccccc54)cc32)c(-n2c3ccccc3c3ccc(-n4c5ccccc5c5ccccc54)cc32)cc1-c1c(F)cccc1F. The van der Waals surface area contributed by atoms with Gasteiger partial charge in [0.05, 0.1) is 72.7 Å². The zero-order valence-electron chi connectivity index (χ0n) is 36.2. The Balaban J connectivity index is 1.13. The van der Waals surface area contributed by atoms with Gasteiger partial charge in [-0.3, -0.25) is 0 Å². The predicted molar refractivity (Wildman–Crippen MR) is 274 cm³/mol. The van der Waals surface area contributed by atoms with E-state index < -0.39 is 11.6 Å². The highest BCUT2D eigenvalue weighted by molar-refractivity contribution is 6.14. The Bertz CT molecular complexity index is 4370. The smallest absolute Gasteiger partial charge is 0.134 e. The highest BCUT2D eigenvalue weighted by Crippen LogP contribution is 2.44. The molecule has 14 aromatic rings. The molecule has 0 saturated carbocycles. The molecule has 0 saturated heterocycles. The fourth-order valence-corrected chi connectivity index (χ4v) is 11.1. The molecule has 0 spiro atoms. The molecule has 4 heterocycles. The summed E-state index contributed by atoms with van der Waals surface area (Å²) in [5.74, 6) is -1.49. The molecular weight excluding hydrogens is 841 g/mol. The average Bonchev–Trinajstić information content (AvgIpc) is 4.11. The third-order valence-corrected chi connectivity index (χ3v) is 13.9. The lowest BCUT2D eigenvalue weighted by Gasteiger charge is -2.20. The van der Waals surface area contributed by atoms with Crippen LogP contribution in [0.3, 0.4) is 0 Å². The number of hydrogen-bond donors (Lipinski definition) is 0. The van der Waals surface area contributed by atoms with E-state index in [-0.39, 0.29) is 16.7 Å². The van der Waals surface area contributed by atoms with E-state index in [0.29, 0.717) is 11.4 Å². The van der Waals surface area contributed by atoms with Crippen molar-refractivity contribution in [2.24, 2.45) is 0 Å². The van der Waals surface area contributed by atoms with Crippen LogP contribution < -0.4 is 0 Å². The van der Waals surface area contributed by atoms with Crippen molar-refractivity contribution in [3.8, 4) is 39.9 Å². The number of hydrogen-bond acceptors (Lipinski definition) is 1. The highest BCUT2D eigenvalue weighted by Gasteiger charge is 2.26. The number of halogens is 2. The Morgan fingerprint density at radius 3 is 1.00 bits per heavy atom. The first-order valence-electron chi connectivity index (χ1n) is 22.6. The molecule has 14 rings (SSSR count). The molecule has 0 atom stereocenters. The molecular formula is C61H35F2N5. The Morgan fingerprint density at radius 1 is 0.309 bits per heavy atom. The van der Waals surface area contributed by atoms with Crippen molar-refractivity contribution < 1.29 is 8.78 Å². The first-order chi connectivity index (χ1) is 33.6. The molecule has 0 unspecified atom stereocenters. The van der Waals surface area contributed by atoms with E-state index in [0.717, 1.165) is 98.6 Å². The zero-order chi connectivity index (χ0) is 45.2. The lowest BCUT2D eigenvalue weighted by atomic mass is 9.97. The monoisotopic (exact) mass is 875 g/mol. The second kappa shape index (κ2) is 14.4. The molecule has 4 aromatic heterocycles. The summed E-state index contributed by atoms with van der Waals surface area (Å²) in [4.78, 5) is 0. The number of fused-ring (bicyclic) bond motifs is 12. The molecule has 10 aromatic carbocycles. The molecule has 5 nitrogen and oxygen atoms in total. The fraction of sp³-hybridized carbons (Fsp3) is 0. The summed E-state index contributed by atoms with van der Waals surface area (Å²) in [5, 5.41) is 19.7. The summed E-state index contributed by atoms with van der Waals surface area (Å²) >= 11 is 0. The number of nitrogens with zero attached hydrogens (tertiary/aromatic N) is 5. The van der Waals surface area contributed by atoms with Gasteiger partial charge in [-0.2, -0.15) is 5.26 Å². The second-order valence-electron chi connectivity index (χ2n) is 17.4. The van der Waals surface area contributed by atoms with E-state index in [4.69, 9.17) is 0 Å². The standard InChI is InChI=1S/C61H35F2N5/c62-49-20-13-21-50(63)61(49)48-35-60(68-56-27-12-6-19-45(56)47-31-29-39(34-58(47)68)66-53-24-9-3-16-42(53)43-17-4-10-25-54(43)66)59(32-37(48)36-64)67-55-26-11-5-18-44(55)46-30-28-38(33-57(46)67)65-51-22-7-1-14-40(51)41-15-2-8-23-52(41)65/h1-35H. The number of rotatable bonds is 5. The van der Waals surface area contributed by atoms with Gasteiger partial charge < -0.3 is 18.3 Å². The molecule has 0 amide bonds. The zero-order valence-corrected chi connectivity index (χ0v) is 36.2. The second-order valence-corrected chi connectivity index (χ2v) is 17.4. The maximum Gasteiger partial charge on any atom is 0.134 e. The predicted octanol–water partition coefficient (Wildman–Crippen LogP) is 15.9. The van der Waals surface area contributed by atoms with Crippen molar-refractivity contribution in [2.45, 2.75) is 0 Å². The van der Waals surface area contributed by atoms with E-state index in [9.17, 15) is 5.26 Å². The quantitative estimate of drug-likeness (QED) is 0.170. The lowest BCUT2D eigenvalue weighted by Crippen LogP contribution is -2.07. The third-order valence-electron chi connectivity index (χ3n) is 13.9. The molecule has 0 aliphatic rings. The van der Waals surface area contributed by atoms with Crippen LogP contribution in [0.4, 0.5) is 8.78 Å². The minimum absolute atomic E-state index is 0.143. The molecule has 68 heavy (non-hydrogen) atoms. The van der Waals surface area contributed by atoms with E-state index in [1.807, 2.05) is 36.4 Å². The lowest BCUT2D eigenvalue weighted by molar-refractivity contribution is 0.589. The molecule has 318 valence electrons. The van der Waals surface area contributed by atoms with Crippen molar-refractivity contribution in [2.75, 3.05) is 0 Å². The van der Waals surface area contributed by atoms with Gasteiger partial charge in [0.15, 0.2) is 0 Å². The van der Waals surface area contributed by atoms with E-state index in [1.165, 1.54) is 18.2 Å². The van der Waals surface area contributed by atoms with Crippen LogP contribution in [0.25, 0.3) is 121 Å². The van der Waals surface area contributed by atoms with Gasteiger partial charge in [-0.1, -0.05) is 127 Å². The van der Waals surface area contributed by atoms with Crippen LogP contribution in [0, 0.1) is 23.0 Å². The van der Waals surface area contributed by atoms with Crippen molar-refractivity contribution in [3.63, 3.8) is 0 Å². The van der Waals surface area contributed by atoms with Gasteiger partial charge in [-0.25, -0.2) is 8.78 Å². The Labute approximate surface area is 387 Å². The van der Waals surface area contributed by atoms with Gasteiger partial charge in [0.2, 0.25) is 0 Å². The molecule has 0 fully saturated rings. The van der Waals surface area contributed by atoms with Crippen LogP contribution in [-0.2, 0) is 0 Å². The van der Waals surface area contributed by atoms with E-state index in [2.05, 4.69) is 182 Å². The minimum atomic E-state index is -0.747. The van der Waals surface area contributed by atoms with Gasteiger partial charge in [0.25, 0.3) is 0 Å². The van der Waals surface area contributed by atoms with Gasteiger partial charge >= 0.3 is 0 Å². The first kappa shape index (κ1) is 38.1. The molecule has 0 aliphatic heterocycles.